The molecule has 0 spiro atoms. The molecule has 0 aliphatic carbocycles. The molecule has 0 unspecified atom stereocenters. The molecule has 0 atom stereocenters. The fraction of sp³-hybridized carbons (Fsp3) is 0.111. The Hall–Kier alpha value is -2.73. The van der Waals surface area contributed by atoms with Crippen LogP contribution in [0.3, 0.4) is 0 Å². The molecule has 0 aliphatic heterocycles. The average molecular weight is 362 g/mol. The minimum absolute atomic E-state index is 0.220. The summed E-state index contributed by atoms with van der Waals surface area (Å²) in [5.74, 6) is -1.91. The maximum Gasteiger partial charge on any atom is 0.259 e. The molecule has 0 saturated heterocycles. The molecule has 4 nitrogen and oxygen atoms in total. The third-order valence-corrected chi connectivity index (χ3v) is 3.91. The number of hydrogen-bond acceptors (Lipinski definition) is 2. The third-order valence-electron chi connectivity index (χ3n) is 3.68. The van der Waals surface area contributed by atoms with Crippen molar-refractivity contribution in [1.82, 2.24) is 9.78 Å². The monoisotopic (exact) mass is 361 g/mol. The highest BCUT2D eigenvalue weighted by molar-refractivity contribution is 6.30. The molecule has 3 rings (SSSR count). The van der Waals surface area contributed by atoms with Crippen LogP contribution in [0.25, 0.3) is 5.69 Å². The lowest BCUT2D eigenvalue weighted by Crippen LogP contribution is -2.15. The van der Waals surface area contributed by atoms with Crippen LogP contribution < -0.4 is 5.32 Å². The first-order chi connectivity index (χ1) is 12.0. The number of carbonyl (C=O) groups is 1. The number of anilines is 1. The molecular formula is C18H14ClF2N3O. The molecule has 0 saturated carbocycles. The minimum Gasteiger partial charge on any atom is -0.319 e. The van der Waals surface area contributed by atoms with Crippen LogP contribution in [-0.4, -0.2) is 15.7 Å². The Morgan fingerprint density at radius 1 is 1.24 bits per heavy atom. The summed E-state index contributed by atoms with van der Waals surface area (Å²) < 4.78 is 28.6. The quantitative estimate of drug-likeness (QED) is 0.737. The van der Waals surface area contributed by atoms with Crippen molar-refractivity contribution >= 4 is 23.2 Å². The predicted octanol–water partition coefficient (Wildman–Crippen LogP) is 4.62. The number of halogens is 3. The van der Waals surface area contributed by atoms with Gasteiger partial charge in [-0.15, -0.1) is 0 Å². The van der Waals surface area contributed by atoms with E-state index in [0.29, 0.717) is 22.8 Å². The molecule has 7 heteroatoms. The summed E-state index contributed by atoms with van der Waals surface area (Å²) in [4.78, 5) is 12.5. The van der Waals surface area contributed by atoms with Gasteiger partial charge in [-0.25, -0.2) is 13.5 Å². The van der Waals surface area contributed by atoms with Crippen molar-refractivity contribution in [1.29, 1.82) is 0 Å². The van der Waals surface area contributed by atoms with Gasteiger partial charge >= 0.3 is 0 Å². The molecule has 128 valence electrons. The van der Waals surface area contributed by atoms with Crippen molar-refractivity contribution in [3.63, 3.8) is 0 Å². The van der Waals surface area contributed by atoms with Gasteiger partial charge in [-0.05, 0) is 36.8 Å². The van der Waals surface area contributed by atoms with Gasteiger partial charge in [0.15, 0.2) is 0 Å². The van der Waals surface area contributed by atoms with Crippen molar-refractivity contribution < 1.29 is 13.6 Å². The predicted molar refractivity (Wildman–Crippen MR) is 92.3 cm³/mol. The Balaban J connectivity index is 1.95. The molecule has 0 fully saturated rings. The molecule has 25 heavy (non-hydrogen) atoms. The molecule has 1 N–H and O–H groups in total. The van der Waals surface area contributed by atoms with E-state index >= 15 is 0 Å². The highest BCUT2D eigenvalue weighted by Gasteiger charge is 2.18. The van der Waals surface area contributed by atoms with Crippen LogP contribution >= 0.6 is 11.6 Å². The number of amides is 1. The number of nitrogens with one attached hydrogen (secondary N) is 1. The molecule has 1 heterocycles. The Morgan fingerprint density at radius 2 is 2.04 bits per heavy atom. The minimum atomic E-state index is -0.713. The van der Waals surface area contributed by atoms with Gasteiger partial charge in [0.2, 0.25) is 0 Å². The van der Waals surface area contributed by atoms with Crippen molar-refractivity contribution in [3.05, 3.63) is 76.6 Å². The molecule has 0 radical (unpaired) electrons. The maximum atomic E-state index is 13.7. The van der Waals surface area contributed by atoms with E-state index in [0.717, 1.165) is 18.2 Å². The smallest absolute Gasteiger partial charge is 0.259 e. The fourth-order valence-corrected chi connectivity index (χ4v) is 2.70. The van der Waals surface area contributed by atoms with E-state index < -0.39 is 17.5 Å². The van der Waals surface area contributed by atoms with Gasteiger partial charge in [0.25, 0.3) is 5.91 Å². The zero-order chi connectivity index (χ0) is 18.0. The summed E-state index contributed by atoms with van der Waals surface area (Å²) >= 11 is 6.00. The van der Waals surface area contributed by atoms with Gasteiger partial charge in [0, 0.05) is 11.1 Å². The van der Waals surface area contributed by atoms with E-state index in [1.165, 1.54) is 6.20 Å². The number of rotatable bonds is 4. The topological polar surface area (TPSA) is 46.9 Å². The first-order valence-electron chi connectivity index (χ1n) is 7.59. The third kappa shape index (κ3) is 3.53. The van der Waals surface area contributed by atoms with Gasteiger partial charge in [-0.1, -0.05) is 24.6 Å². The van der Waals surface area contributed by atoms with E-state index in [2.05, 4.69) is 10.4 Å². The lowest BCUT2D eigenvalue weighted by Gasteiger charge is -2.09. The van der Waals surface area contributed by atoms with Crippen LogP contribution in [0.2, 0.25) is 5.02 Å². The summed E-state index contributed by atoms with van der Waals surface area (Å²) in [6.45, 7) is 1.87. The number of carbonyl (C=O) groups excluding carboxylic acids is 1. The summed E-state index contributed by atoms with van der Waals surface area (Å²) in [7, 11) is 0. The Morgan fingerprint density at radius 3 is 2.76 bits per heavy atom. The number of benzene rings is 2. The Labute approximate surface area is 148 Å². The highest BCUT2D eigenvalue weighted by atomic mass is 35.5. The zero-order valence-corrected chi connectivity index (χ0v) is 14.0. The van der Waals surface area contributed by atoms with E-state index in [4.69, 9.17) is 11.6 Å². The van der Waals surface area contributed by atoms with Crippen LogP contribution in [0.15, 0.2) is 48.7 Å². The normalized spacial score (nSPS) is 10.7. The number of nitrogens with zero attached hydrogens (tertiary/aromatic N) is 2. The van der Waals surface area contributed by atoms with E-state index in [1.54, 1.807) is 22.9 Å². The molecule has 1 aromatic heterocycles. The summed E-state index contributed by atoms with van der Waals surface area (Å²) in [6.07, 6.45) is 1.91. The van der Waals surface area contributed by atoms with Crippen LogP contribution in [-0.2, 0) is 6.42 Å². The summed E-state index contributed by atoms with van der Waals surface area (Å²) in [6, 6.07) is 9.93. The maximum absolute atomic E-state index is 13.7. The van der Waals surface area contributed by atoms with Crippen LogP contribution in [0.5, 0.6) is 0 Å². The van der Waals surface area contributed by atoms with Crippen LogP contribution in [0, 0.1) is 11.6 Å². The summed E-state index contributed by atoms with van der Waals surface area (Å²) in [5.41, 5.74) is 1.41. The molecule has 2 aromatic carbocycles. The number of hydrogen-bond donors (Lipinski definition) is 1. The second kappa shape index (κ2) is 7.03. The lowest BCUT2D eigenvalue weighted by molar-refractivity contribution is 0.102. The Kier molecular flexibility index (Phi) is 4.81. The molecule has 1 amide bonds. The Bertz CT molecular complexity index is 940. The average Bonchev–Trinajstić information content (AvgIpc) is 3.02. The molecular weight excluding hydrogens is 348 g/mol. The lowest BCUT2D eigenvalue weighted by atomic mass is 10.1. The zero-order valence-electron chi connectivity index (χ0n) is 13.3. The number of aromatic nitrogens is 2. The van der Waals surface area contributed by atoms with Crippen molar-refractivity contribution in [2.45, 2.75) is 13.3 Å². The van der Waals surface area contributed by atoms with Crippen molar-refractivity contribution in [2.24, 2.45) is 0 Å². The molecule has 0 bridgehead atoms. The van der Waals surface area contributed by atoms with Gasteiger partial charge in [-0.2, -0.15) is 5.10 Å². The van der Waals surface area contributed by atoms with Crippen molar-refractivity contribution in [3.8, 4) is 5.69 Å². The van der Waals surface area contributed by atoms with Gasteiger partial charge in [0.1, 0.15) is 11.6 Å². The standard InChI is InChI=1S/C18H14ClF2N3O/c1-2-17-14(10-22-24(17)13-5-3-4-11(19)8-13)18(25)23-16-9-12(20)6-7-15(16)21/h3-10H,2H2,1H3,(H,23,25). The SMILES string of the molecule is CCc1c(C(=O)Nc2cc(F)ccc2F)cnn1-c1cccc(Cl)c1. The van der Waals surface area contributed by atoms with Gasteiger partial charge < -0.3 is 5.32 Å². The van der Waals surface area contributed by atoms with Crippen LogP contribution in [0.1, 0.15) is 23.0 Å². The van der Waals surface area contributed by atoms with E-state index in [1.807, 2.05) is 13.0 Å². The second-order valence-corrected chi connectivity index (χ2v) is 5.76. The first-order valence-corrected chi connectivity index (χ1v) is 7.96. The van der Waals surface area contributed by atoms with Crippen LogP contribution in [0.4, 0.5) is 14.5 Å². The summed E-state index contributed by atoms with van der Waals surface area (Å²) in [5, 5.41) is 7.16. The van der Waals surface area contributed by atoms with E-state index in [9.17, 15) is 13.6 Å². The molecule has 0 aliphatic rings. The van der Waals surface area contributed by atoms with Gasteiger partial charge in [0.05, 0.1) is 28.8 Å². The first kappa shape index (κ1) is 17.1. The fourth-order valence-electron chi connectivity index (χ4n) is 2.52. The van der Waals surface area contributed by atoms with Gasteiger partial charge in [-0.3, -0.25) is 4.79 Å². The highest BCUT2D eigenvalue weighted by Crippen LogP contribution is 2.21. The second-order valence-electron chi connectivity index (χ2n) is 5.33. The largest absolute Gasteiger partial charge is 0.319 e. The molecule has 3 aromatic rings. The van der Waals surface area contributed by atoms with Crippen molar-refractivity contribution in [2.75, 3.05) is 5.32 Å². The van der Waals surface area contributed by atoms with E-state index in [-0.39, 0.29) is 11.3 Å².